The van der Waals surface area contributed by atoms with Crippen LogP contribution in [0.25, 0.3) is 0 Å². The molecule has 0 unspecified atom stereocenters. The normalized spacial score (nSPS) is 10.9. The second-order valence-electron chi connectivity index (χ2n) is 4.43. The second kappa shape index (κ2) is 4.86. The van der Waals surface area contributed by atoms with Crippen molar-refractivity contribution in [2.45, 2.75) is 25.8 Å². The van der Waals surface area contributed by atoms with Crippen LogP contribution < -0.4 is 5.32 Å². The molecule has 0 radical (unpaired) electrons. The summed E-state index contributed by atoms with van der Waals surface area (Å²) < 4.78 is 0. The molecular weight excluding hydrogens is 222 g/mol. The maximum absolute atomic E-state index is 11.8. The van der Waals surface area contributed by atoms with Crippen molar-refractivity contribution in [2.24, 2.45) is 0 Å². The van der Waals surface area contributed by atoms with Gasteiger partial charge in [-0.05, 0) is 26.0 Å². The fourth-order valence-electron chi connectivity index (χ4n) is 1.46. The number of phenolic OH excluding ortho intramolecular Hbond substituents is 1. The quantitative estimate of drug-likeness (QED) is 0.738. The lowest BCUT2D eigenvalue weighted by molar-refractivity contribution is -0.138. The number of benzene rings is 1. The van der Waals surface area contributed by atoms with E-state index >= 15 is 0 Å². The Kier molecular flexibility index (Phi) is 3.73. The molecule has 0 aliphatic heterocycles. The number of carbonyl (C=O) groups is 2. The Hall–Kier alpha value is -2.04. The van der Waals surface area contributed by atoms with Crippen molar-refractivity contribution >= 4 is 11.9 Å². The molecule has 17 heavy (non-hydrogen) atoms. The number of carboxylic acid groups (broad SMARTS) is 1. The summed E-state index contributed by atoms with van der Waals surface area (Å²) in [5, 5.41) is 20.7. The number of hydrogen-bond donors (Lipinski definition) is 3. The lowest BCUT2D eigenvalue weighted by atomic mass is 10.00. The van der Waals surface area contributed by atoms with Gasteiger partial charge in [-0.3, -0.25) is 9.59 Å². The van der Waals surface area contributed by atoms with Crippen molar-refractivity contribution in [1.82, 2.24) is 5.32 Å². The molecule has 0 aliphatic carbocycles. The minimum absolute atomic E-state index is 0.129. The molecule has 5 heteroatoms. The number of hydrogen-bond acceptors (Lipinski definition) is 3. The standard InChI is InChI=1S/C12H15NO4/c1-12(2,7-10(15)16)13-11(17)8-5-3-4-6-9(8)14/h3-6,14H,7H2,1-2H3,(H,13,17)(H,15,16). The highest BCUT2D eigenvalue weighted by Gasteiger charge is 2.25. The summed E-state index contributed by atoms with van der Waals surface area (Å²) in [5.74, 6) is -1.61. The van der Waals surface area contributed by atoms with Crippen molar-refractivity contribution in [3.8, 4) is 5.75 Å². The zero-order valence-corrected chi connectivity index (χ0v) is 9.73. The van der Waals surface area contributed by atoms with Crippen LogP contribution in [0.5, 0.6) is 5.75 Å². The molecule has 1 aromatic rings. The van der Waals surface area contributed by atoms with E-state index in [0.29, 0.717) is 0 Å². The van der Waals surface area contributed by atoms with Gasteiger partial charge in [0, 0.05) is 5.54 Å². The van der Waals surface area contributed by atoms with E-state index in [4.69, 9.17) is 5.11 Å². The number of nitrogens with one attached hydrogen (secondary N) is 1. The van der Waals surface area contributed by atoms with Crippen LogP contribution >= 0.6 is 0 Å². The summed E-state index contributed by atoms with van der Waals surface area (Å²) in [6.07, 6.45) is -0.188. The van der Waals surface area contributed by atoms with Gasteiger partial charge in [-0.25, -0.2) is 0 Å². The van der Waals surface area contributed by atoms with Gasteiger partial charge in [0.2, 0.25) is 0 Å². The summed E-state index contributed by atoms with van der Waals surface area (Å²) in [4.78, 5) is 22.4. The summed E-state index contributed by atoms with van der Waals surface area (Å²) >= 11 is 0. The Morgan fingerprint density at radius 2 is 1.88 bits per heavy atom. The minimum Gasteiger partial charge on any atom is -0.507 e. The molecule has 0 heterocycles. The molecule has 0 saturated carbocycles. The summed E-state index contributed by atoms with van der Waals surface area (Å²) in [6.45, 7) is 3.22. The van der Waals surface area contributed by atoms with Crippen LogP contribution in [0.3, 0.4) is 0 Å². The van der Waals surface area contributed by atoms with E-state index in [1.807, 2.05) is 0 Å². The highest BCUT2D eigenvalue weighted by Crippen LogP contribution is 2.17. The zero-order chi connectivity index (χ0) is 13.1. The largest absolute Gasteiger partial charge is 0.507 e. The first-order valence-corrected chi connectivity index (χ1v) is 5.14. The average Bonchev–Trinajstić information content (AvgIpc) is 2.14. The first kappa shape index (κ1) is 13.0. The van der Waals surface area contributed by atoms with Crippen LogP contribution in [0.15, 0.2) is 24.3 Å². The maximum Gasteiger partial charge on any atom is 0.305 e. The van der Waals surface area contributed by atoms with Crippen LogP contribution in [0.2, 0.25) is 0 Å². The van der Waals surface area contributed by atoms with Gasteiger partial charge >= 0.3 is 5.97 Å². The predicted molar refractivity (Wildman–Crippen MR) is 61.9 cm³/mol. The topological polar surface area (TPSA) is 86.6 Å². The summed E-state index contributed by atoms with van der Waals surface area (Å²) in [6, 6.07) is 6.11. The summed E-state index contributed by atoms with van der Waals surface area (Å²) in [5.41, 5.74) is -0.739. The van der Waals surface area contributed by atoms with Gasteiger partial charge in [0.1, 0.15) is 5.75 Å². The molecule has 5 nitrogen and oxygen atoms in total. The molecule has 92 valence electrons. The van der Waals surface area contributed by atoms with Gasteiger partial charge in [0.15, 0.2) is 0 Å². The first-order chi connectivity index (χ1) is 7.82. The van der Waals surface area contributed by atoms with Gasteiger partial charge in [-0.1, -0.05) is 12.1 Å². The molecule has 0 atom stereocenters. The second-order valence-corrected chi connectivity index (χ2v) is 4.43. The van der Waals surface area contributed by atoms with Gasteiger partial charge in [0.05, 0.1) is 12.0 Å². The Bertz CT molecular complexity index is 440. The van der Waals surface area contributed by atoms with Gasteiger partial charge in [-0.15, -0.1) is 0 Å². The number of phenols is 1. The molecule has 0 aliphatic rings. The first-order valence-electron chi connectivity index (χ1n) is 5.14. The van der Waals surface area contributed by atoms with E-state index < -0.39 is 17.4 Å². The lowest BCUT2D eigenvalue weighted by Gasteiger charge is -2.24. The molecule has 0 aromatic heterocycles. The zero-order valence-electron chi connectivity index (χ0n) is 9.73. The Morgan fingerprint density at radius 1 is 1.29 bits per heavy atom. The van der Waals surface area contributed by atoms with E-state index in [1.54, 1.807) is 26.0 Å². The highest BCUT2D eigenvalue weighted by molar-refractivity contribution is 5.97. The predicted octanol–water partition coefficient (Wildman–Crippen LogP) is 1.38. The molecule has 1 aromatic carbocycles. The molecule has 1 rings (SSSR count). The number of aliphatic carboxylic acids is 1. The summed E-state index contributed by atoms with van der Waals surface area (Å²) in [7, 11) is 0. The third-order valence-corrected chi connectivity index (χ3v) is 2.19. The molecule has 0 fully saturated rings. The van der Waals surface area contributed by atoms with E-state index in [0.717, 1.165) is 0 Å². The van der Waals surface area contributed by atoms with E-state index in [-0.39, 0.29) is 17.7 Å². The highest BCUT2D eigenvalue weighted by atomic mass is 16.4. The Labute approximate surface area is 99.1 Å². The SMILES string of the molecule is CC(C)(CC(=O)O)NC(=O)c1ccccc1O. The maximum atomic E-state index is 11.8. The van der Waals surface area contributed by atoms with Gasteiger partial charge in [0.25, 0.3) is 5.91 Å². The molecule has 0 spiro atoms. The van der Waals surface area contributed by atoms with Crippen molar-refractivity contribution < 1.29 is 19.8 Å². The molecule has 3 N–H and O–H groups in total. The third kappa shape index (κ3) is 3.79. The fourth-order valence-corrected chi connectivity index (χ4v) is 1.46. The number of carbonyl (C=O) groups excluding carboxylic acids is 1. The van der Waals surface area contributed by atoms with Crippen molar-refractivity contribution in [3.05, 3.63) is 29.8 Å². The molecule has 0 saturated heterocycles. The number of amides is 1. The van der Waals surface area contributed by atoms with Crippen molar-refractivity contribution in [1.29, 1.82) is 0 Å². The van der Waals surface area contributed by atoms with Gasteiger partial charge < -0.3 is 15.5 Å². The van der Waals surface area contributed by atoms with Crippen LogP contribution in [0, 0.1) is 0 Å². The number of rotatable bonds is 4. The Balaban J connectivity index is 2.79. The van der Waals surface area contributed by atoms with E-state index in [1.165, 1.54) is 12.1 Å². The fraction of sp³-hybridized carbons (Fsp3) is 0.333. The third-order valence-electron chi connectivity index (χ3n) is 2.19. The van der Waals surface area contributed by atoms with Crippen molar-refractivity contribution in [2.75, 3.05) is 0 Å². The lowest BCUT2D eigenvalue weighted by Crippen LogP contribution is -2.44. The van der Waals surface area contributed by atoms with Crippen molar-refractivity contribution in [3.63, 3.8) is 0 Å². The van der Waals surface area contributed by atoms with Crippen LogP contribution in [0.4, 0.5) is 0 Å². The molecular formula is C12H15NO4. The number of para-hydroxylation sites is 1. The van der Waals surface area contributed by atoms with E-state index in [9.17, 15) is 14.7 Å². The molecule has 0 bridgehead atoms. The minimum atomic E-state index is -0.993. The smallest absolute Gasteiger partial charge is 0.305 e. The average molecular weight is 237 g/mol. The monoisotopic (exact) mass is 237 g/mol. The number of carboxylic acids is 1. The van der Waals surface area contributed by atoms with Crippen LogP contribution in [-0.2, 0) is 4.79 Å². The van der Waals surface area contributed by atoms with E-state index in [2.05, 4.69) is 5.32 Å². The van der Waals surface area contributed by atoms with Gasteiger partial charge in [-0.2, -0.15) is 0 Å². The number of aromatic hydroxyl groups is 1. The van der Waals surface area contributed by atoms with Crippen LogP contribution in [0.1, 0.15) is 30.6 Å². The molecule has 1 amide bonds. The van der Waals surface area contributed by atoms with Crippen LogP contribution in [-0.4, -0.2) is 27.6 Å². The Morgan fingerprint density at radius 3 is 2.41 bits per heavy atom.